The monoisotopic (exact) mass is 481 g/mol. The molecule has 0 radical (unpaired) electrons. The fourth-order valence-corrected chi connectivity index (χ4v) is 6.28. The molecular formula is C27H24FN7O. The number of nitrogens with one attached hydrogen (secondary N) is 2. The number of rotatable bonds is 4. The minimum absolute atomic E-state index is 0.149. The van der Waals surface area contributed by atoms with Gasteiger partial charge < -0.3 is 15.6 Å². The zero-order valence-electron chi connectivity index (χ0n) is 19.4. The summed E-state index contributed by atoms with van der Waals surface area (Å²) < 4.78 is 14.7. The van der Waals surface area contributed by atoms with Gasteiger partial charge in [0.15, 0.2) is 5.65 Å². The van der Waals surface area contributed by atoms with Gasteiger partial charge >= 0.3 is 0 Å². The molecular weight excluding hydrogens is 457 g/mol. The number of fused-ring (bicyclic) bond motifs is 3. The highest BCUT2D eigenvalue weighted by atomic mass is 19.1. The Kier molecular flexibility index (Phi) is 4.53. The molecule has 1 saturated carbocycles. The summed E-state index contributed by atoms with van der Waals surface area (Å²) in [6, 6.07) is 16.1. The summed E-state index contributed by atoms with van der Waals surface area (Å²) in [6.45, 7) is 2.01. The minimum atomic E-state index is -0.310. The Morgan fingerprint density at radius 3 is 2.86 bits per heavy atom. The van der Waals surface area contributed by atoms with E-state index in [9.17, 15) is 9.18 Å². The van der Waals surface area contributed by atoms with Crippen LogP contribution in [0.3, 0.4) is 0 Å². The predicted octanol–water partition coefficient (Wildman–Crippen LogP) is 3.35. The third kappa shape index (κ3) is 3.02. The second kappa shape index (κ2) is 7.69. The first-order chi connectivity index (χ1) is 17.6. The van der Waals surface area contributed by atoms with Gasteiger partial charge in [-0.15, -0.1) is 0 Å². The number of benzene rings is 2. The lowest BCUT2D eigenvalue weighted by Crippen LogP contribution is -2.32. The molecule has 5 aromatic rings. The van der Waals surface area contributed by atoms with Gasteiger partial charge in [-0.2, -0.15) is 5.10 Å². The Morgan fingerprint density at radius 1 is 1.14 bits per heavy atom. The van der Waals surface area contributed by atoms with E-state index in [1.54, 1.807) is 18.3 Å². The number of hydrogen-bond donors (Lipinski definition) is 3. The molecule has 4 N–H and O–H groups in total. The Hall–Kier alpha value is -4.11. The van der Waals surface area contributed by atoms with E-state index < -0.39 is 0 Å². The van der Waals surface area contributed by atoms with E-state index in [1.165, 1.54) is 12.1 Å². The van der Waals surface area contributed by atoms with Crippen molar-refractivity contribution in [3.05, 3.63) is 82.5 Å². The number of nitrogens with zero attached hydrogens (tertiary/aromatic N) is 4. The molecule has 1 saturated heterocycles. The van der Waals surface area contributed by atoms with Crippen molar-refractivity contribution in [3.8, 4) is 11.3 Å². The van der Waals surface area contributed by atoms with Crippen LogP contribution in [0.4, 0.5) is 10.2 Å². The maximum Gasteiger partial charge on any atom is 0.248 e. The Balaban J connectivity index is 1.19. The highest BCUT2D eigenvalue weighted by Crippen LogP contribution is 2.63. The van der Waals surface area contributed by atoms with Crippen molar-refractivity contribution in [2.45, 2.75) is 11.8 Å². The molecule has 2 aromatic carbocycles. The van der Waals surface area contributed by atoms with Crippen molar-refractivity contribution < 1.29 is 4.39 Å². The van der Waals surface area contributed by atoms with Crippen LogP contribution in [0.15, 0.2) is 65.6 Å². The molecule has 7 rings (SSSR count). The molecule has 1 aliphatic heterocycles. The molecule has 2 aliphatic rings. The first kappa shape index (κ1) is 21.2. The standard InChI is InChI=1S/C27H24FN7O/c28-20-4-2-1-3-18(20)27(14-29)17-9-10-35(13-19(17)27)22-12-30-25-24(33-34-26(25)32-22)16-6-5-15-7-8-23(36)31-21(15)11-16/h1-8,11-12,17,19H,9-10,13-14,29H2,(H,31,36)(H,32,33,34)/t17-,19+,27-/m1/s1. The molecule has 1 aliphatic carbocycles. The Labute approximate surface area is 205 Å². The number of piperidine rings is 1. The summed E-state index contributed by atoms with van der Waals surface area (Å²) >= 11 is 0. The van der Waals surface area contributed by atoms with E-state index in [1.807, 2.05) is 30.3 Å². The van der Waals surface area contributed by atoms with Crippen LogP contribution in [-0.2, 0) is 5.41 Å². The predicted molar refractivity (Wildman–Crippen MR) is 136 cm³/mol. The number of nitrogens with two attached hydrogens (primary N) is 1. The van der Waals surface area contributed by atoms with Crippen molar-refractivity contribution in [2.75, 3.05) is 24.5 Å². The van der Waals surface area contributed by atoms with Gasteiger partial charge in [0.2, 0.25) is 5.56 Å². The smallest absolute Gasteiger partial charge is 0.248 e. The van der Waals surface area contributed by atoms with Gasteiger partial charge in [0.25, 0.3) is 0 Å². The summed E-state index contributed by atoms with van der Waals surface area (Å²) in [5.74, 6) is 1.26. The lowest BCUT2D eigenvalue weighted by atomic mass is 9.91. The zero-order valence-corrected chi connectivity index (χ0v) is 19.4. The van der Waals surface area contributed by atoms with Crippen LogP contribution in [0.1, 0.15) is 12.0 Å². The van der Waals surface area contributed by atoms with Crippen molar-refractivity contribution in [1.82, 2.24) is 25.1 Å². The summed E-state index contributed by atoms with van der Waals surface area (Å²) in [6.07, 6.45) is 2.71. The lowest BCUT2D eigenvalue weighted by molar-refractivity contribution is 0.533. The second-order valence-corrected chi connectivity index (χ2v) is 9.79. The highest BCUT2D eigenvalue weighted by Gasteiger charge is 2.66. The minimum Gasteiger partial charge on any atom is -0.355 e. The fourth-order valence-electron chi connectivity index (χ4n) is 6.28. The zero-order chi connectivity index (χ0) is 24.4. The fraction of sp³-hybridized carbons (Fsp3) is 0.259. The van der Waals surface area contributed by atoms with Gasteiger partial charge in [-0.1, -0.05) is 30.3 Å². The van der Waals surface area contributed by atoms with Gasteiger partial charge in [-0.05, 0) is 47.4 Å². The Bertz CT molecular complexity index is 1700. The third-order valence-corrected chi connectivity index (χ3v) is 8.12. The summed E-state index contributed by atoms with van der Waals surface area (Å²) in [4.78, 5) is 26.3. The average molecular weight is 482 g/mol. The number of H-pyrrole nitrogens is 2. The molecule has 36 heavy (non-hydrogen) atoms. The van der Waals surface area contributed by atoms with Crippen LogP contribution in [0, 0.1) is 17.7 Å². The maximum atomic E-state index is 14.7. The molecule has 8 nitrogen and oxygen atoms in total. The largest absolute Gasteiger partial charge is 0.355 e. The van der Waals surface area contributed by atoms with Crippen molar-refractivity contribution in [3.63, 3.8) is 0 Å². The SMILES string of the molecule is NC[C@]1(c2ccccc2F)[C@@H]2CCN(c3cnc4c(-c5ccc6ccc(=O)[nH]c6c5)n[nH]c4n3)C[C@@H]21. The van der Waals surface area contributed by atoms with Gasteiger partial charge in [-0.25, -0.2) is 14.4 Å². The van der Waals surface area contributed by atoms with E-state index >= 15 is 0 Å². The number of hydrogen-bond acceptors (Lipinski definition) is 6. The van der Waals surface area contributed by atoms with E-state index in [4.69, 9.17) is 15.7 Å². The molecule has 9 heteroatoms. The van der Waals surface area contributed by atoms with Crippen LogP contribution in [0.5, 0.6) is 0 Å². The van der Waals surface area contributed by atoms with Crippen molar-refractivity contribution in [2.24, 2.45) is 17.6 Å². The van der Waals surface area contributed by atoms with Gasteiger partial charge in [0, 0.05) is 42.2 Å². The number of pyridine rings is 1. The van der Waals surface area contributed by atoms with E-state index in [-0.39, 0.29) is 22.7 Å². The van der Waals surface area contributed by atoms with Crippen molar-refractivity contribution >= 4 is 27.9 Å². The number of anilines is 1. The van der Waals surface area contributed by atoms with E-state index in [0.717, 1.165) is 47.4 Å². The molecule has 0 bridgehead atoms. The molecule has 0 spiro atoms. The van der Waals surface area contributed by atoms with Gasteiger partial charge in [0.1, 0.15) is 22.8 Å². The first-order valence-electron chi connectivity index (χ1n) is 12.1. The van der Waals surface area contributed by atoms with Crippen LogP contribution in [0.2, 0.25) is 0 Å². The normalized spacial score (nSPS) is 23.2. The molecule has 0 amide bonds. The van der Waals surface area contributed by atoms with Gasteiger partial charge in [-0.3, -0.25) is 9.89 Å². The number of aromatic nitrogens is 5. The third-order valence-electron chi connectivity index (χ3n) is 8.12. The maximum absolute atomic E-state index is 14.7. The number of halogens is 1. The molecule has 4 heterocycles. The molecule has 3 aromatic heterocycles. The average Bonchev–Trinajstić information content (AvgIpc) is 3.36. The molecule has 0 unspecified atom stereocenters. The Morgan fingerprint density at radius 2 is 2.00 bits per heavy atom. The topological polar surface area (TPSA) is 117 Å². The van der Waals surface area contributed by atoms with Crippen LogP contribution >= 0.6 is 0 Å². The van der Waals surface area contributed by atoms with Crippen molar-refractivity contribution in [1.29, 1.82) is 0 Å². The summed E-state index contributed by atoms with van der Waals surface area (Å²) in [5, 5.41) is 8.43. The number of aromatic amines is 2. The van der Waals surface area contributed by atoms with Crippen LogP contribution in [-0.4, -0.2) is 44.8 Å². The summed E-state index contributed by atoms with van der Waals surface area (Å²) in [7, 11) is 0. The van der Waals surface area contributed by atoms with Gasteiger partial charge in [0.05, 0.1) is 6.20 Å². The lowest BCUT2D eigenvalue weighted by Gasteiger charge is -2.26. The van der Waals surface area contributed by atoms with Crippen LogP contribution < -0.4 is 16.2 Å². The van der Waals surface area contributed by atoms with E-state index in [2.05, 4.69) is 20.1 Å². The molecule has 180 valence electrons. The van der Waals surface area contributed by atoms with E-state index in [0.29, 0.717) is 29.3 Å². The quantitative estimate of drug-likeness (QED) is 0.363. The second-order valence-electron chi connectivity index (χ2n) is 9.79. The molecule has 2 fully saturated rings. The first-order valence-corrected chi connectivity index (χ1v) is 12.1. The summed E-state index contributed by atoms with van der Waals surface area (Å²) in [5.41, 5.74) is 10.0. The van der Waals surface area contributed by atoms with Crippen LogP contribution in [0.25, 0.3) is 33.3 Å². The highest BCUT2D eigenvalue weighted by molar-refractivity contribution is 5.91. The molecule has 3 atom stereocenters.